The number of aromatic amines is 1. The molecule has 9 nitrogen and oxygen atoms in total. The van der Waals surface area contributed by atoms with E-state index in [2.05, 4.69) is 37.3 Å². The number of hydrogen-bond donors (Lipinski definition) is 2. The van der Waals surface area contributed by atoms with Crippen LogP contribution >= 0.6 is 0 Å². The number of likely N-dealkylation sites (tertiary alicyclic amines) is 1. The second-order valence-electron chi connectivity index (χ2n) is 8.34. The Hall–Kier alpha value is -4.11. The van der Waals surface area contributed by atoms with E-state index in [1.54, 1.807) is 29.2 Å². The molecule has 3 aromatic heterocycles. The predicted molar refractivity (Wildman–Crippen MR) is 125 cm³/mol. The predicted octanol–water partition coefficient (Wildman–Crippen LogP) is 3.71. The van der Waals surface area contributed by atoms with E-state index in [1.165, 1.54) is 12.7 Å². The van der Waals surface area contributed by atoms with Crippen molar-refractivity contribution in [3.05, 3.63) is 72.6 Å². The minimum absolute atomic E-state index is 0.179. The number of fused-ring (bicyclic) bond motifs is 2. The molecule has 1 aliphatic rings. The summed E-state index contributed by atoms with van der Waals surface area (Å²) in [5, 5.41) is 8.26. The molecule has 0 radical (unpaired) electrons. The summed E-state index contributed by atoms with van der Waals surface area (Å²) in [6, 6.07) is 13.4. The Kier molecular flexibility index (Phi) is 4.62. The van der Waals surface area contributed by atoms with E-state index in [-0.39, 0.29) is 5.91 Å². The van der Waals surface area contributed by atoms with Gasteiger partial charge in [-0.1, -0.05) is 0 Å². The van der Waals surface area contributed by atoms with Crippen LogP contribution in [0, 0.1) is 0 Å². The molecule has 1 fully saturated rings. The molecule has 6 rings (SSSR count). The summed E-state index contributed by atoms with van der Waals surface area (Å²) in [5.41, 5.74) is 3.97. The standard InChI is InChI=1S/C24H22N8O/c1-31-10-2-3-21(31)23-29-18-6-5-17(12-19(18)30-23)28-24(33)15-4-7-20-16(11-15)13-27-32(20)22-8-9-25-14-26-22/h4-9,11-14,21H,2-3,10H2,1H3,(H,28,33)(H,29,30)/t21-/m1/s1. The second-order valence-corrected chi connectivity index (χ2v) is 8.34. The third kappa shape index (κ3) is 3.52. The summed E-state index contributed by atoms with van der Waals surface area (Å²) >= 11 is 0. The van der Waals surface area contributed by atoms with Gasteiger partial charge in [0.05, 0.1) is 28.8 Å². The number of nitrogens with one attached hydrogen (secondary N) is 2. The van der Waals surface area contributed by atoms with Crippen molar-refractivity contribution in [3.63, 3.8) is 0 Å². The molecule has 1 saturated heterocycles. The highest BCUT2D eigenvalue weighted by Gasteiger charge is 2.25. The largest absolute Gasteiger partial charge is 0.341 e. The summed E-state index contributed by atoms with van der Waals surface area (Å²) in [7, 11) is 2.13. The maximum absolute atomic E-state index is 12.9. The van der Waals surface area contributed by atoms with E-state index in [0.717, 1.165) is 46.4 Å². The first-order valence-electron chi connectivity index (χ1n) is 10.9. The van der Waals surface area contributed by atoms with Gasteiger partial charge in [0.15, 0.2) is 5.82 Å². The number of aromatic nitrogens is 6. The van der Waals surface area contributed by atoms with E-state index >= 15 is 0 Å². The zero-order chi connectivity index (χ0) is 22.4. The van der Waals surface area contributed by atoms with Crippen molar-refractivity contribution in [3.8, 4) is 5.82 Å². The van der Waals surface area contributed by atoms with Gasteiger partial charge in [-0.3, -0.25) is 9.69 Å². The van der Waals surface area contributed by atoms with E-state index < -0.39 is 0 Å². The van der Waals surface area contributed by atoms with Crippen LogP contribution in [0.1, 0.15) is 35.1 Å². The molecular weight excluding hydrogens is 416 g/mol. The lowest BCUT2D eigenvalue weighted by Gasteiger charge is -2.16. The maximum atomic E-state index is 12.9. The Morgan fingerprint density at radius 2 is 2.12 bits per heavy atom. The van der Waals surface area contributed by atoms with Gasteiger partial charge >= 0.3 is 0 Å². The zero-order valence-electron chi connectivity index (χ0n) is 18.1. The quantitative estimate of drug-likeness (QED) is 0.443. The van der Waals surface area contributed by atoms with Crippen molar-refractivity contribution in [2.75, 3.05) is 18.9 Å². The van der Waals surface area contributed by atoms with Gasteiger partial charge < -0.3 is 10.3 Å². The maximum Gasteiger partial charge on any atom is 0.255 e. The van der Waals surface area contributed by atoms with Crippen molar-refractivity contribution in [2.45, 2.75) is 18.9 Å². The normalized spacial score (nSPS) is 16.6. The first-order chi connectivity index (χ1) is 16.2. The van der Waals surface area contributed by atoms with Crippen LogP contribution in [0.3, 0.4) is 0 Å². The smallest absolute Gasteiger partial charge is 0.255 e. The number of benzene rings is 2. The molecule has 4 heterocycles. The molecular formula is C24H22N8O. The topological polar surface area (TPSA) is 105 Å². The van der Waals surface area contributed by atoms with Crippen LogP contribution in [0.15, 0.2) is 61.2 Å². The van der Waals surface area contributed by atoms with Crippen molar-refractivity contribution >= 4 is 33.5 Å². The van der Waals surface area contributed by atoms with Gasteiger partial charge in [0.25, 0.3) is 5.91 Å². The number of amides is 1. The van der Waals surface area contributed by atoms with Crippen molar-refractivity contribution in [2.24, 2.45) is 0 Å². The highest BCUT2D eigenvalue weighted by Crippen LogP contribution is 2.30. The highest BCUT2D eigenvalue weighted by atomic mass is 16.1. The second kappa shape index (κ2) is 7.79. The number of hydrogen-bond acceptors (Lipinski definition) is 6. The van der Waals surface area contributed by atoms with Gasteiger partial charge in [0, 0.05) is 28.9 Å². The van der Waals surface area contributed by atoms with E-state index in [1.807, 2.05) is 30.3 Å². The van der Waals surface area contributed by atoms with Gasteiger partial charge in [0.2, 0.25) is 0 Å². The van der Waals surface area contributed by atoms with E-state index in [0.29, 0.717) is 17.4 Å². The summed E-state index contributed by atoms with van der Waals surface area (Å²) in [4.78, 5) is 31.6. The van der Waals surface area contributed by atoms with Crippen LogP contribution in [0.5, 0.6) is 0 Å². The average Bonchev–Trinajstić information content (AvgIpc) is 3.56. The third-order valence-corrected chi connectivity index (χ3v) is 6.21. The van der Waals surface area contributed by atoms with Gasteiger partial charge in [-0.05, 0) is 62.8 Å². The molecule has 33 heavy (non-hydrogen) atoms. The Morgan fingerprint density at radius 3 is 2.94 bits per heavy atom. The lowest BCUT2D eigenvalue weighted by Crippen LogP contribution is -2.18. The van der Waals surface area contributed by atoms with Gasteiger partial charge in [-0.25, -0.2) is 19.6 Å². The first-order valence-corrected chi connectivity index (χ1v) is 10.9. The summed E-state index contributed by atoms with van der Waals surface area (Å²) in [6.45, 7) is 1.09. The van der Waals surface area contributed by atoms with Crippen LogP contribution in [0.25, 0.3) is 27.8 Å². The number of rotatable bonds is 4. The first kappa shape index (κ1) is 19.6. The number of H-pyrrole nitrogens is 1. The molecule has 0 saturated carbocycles. The SMILES string of the molecule is CN1CCC[C@@H]1c1nc2ccc(NC(=O)c3ccc4c(cnn4-c4ccncn4)c3)cc2[nH]1. The summed E-state index contributed by atoms with van der Waals surface area (Å²) in [6.07, 6.45) is 7.17. The molecule has 5 aromatic rings. The number of imidazole rings is 1. The summed E-state index contributed by atoms with van der Waals surface area (Å²) in [5.74, 6) is 1.48. The Balaban J connectivity index is 1.24. The fourth-order valence-corrected chi connectivity index (χ4v) is 4.49. The van der Waals surface area contributed by atoms with Crippen LogP contribution < -0.4 is 5.32 Å². The third-order valence-electron chi connectivity index (χ3n) is 6.21. The van der Waals surface area contributed by atoms with Crippen LogP contribution in [-0.2, 0) is 0 Å². The Labute approximate surface area is 189 Å². The fraction of sp³-hybridized carbons (Fsp3) is 0.208. The lowest BCUT2D eigenvalue weighted by molar-refractivity contribution is 0.102. The number of carbonyl (C=O) groups is 1. The van der Waals surface area contributed by atoms with Crippen molar-refractivity contribution < 1.29 is 4.79 Å². The average molecular weight is 438 g/mol. The summed E-state index contributed by atoms with van der Waals surface area (Å²) < 4.78 is 1.73. The van der Waals surface area contributed by atoms with E-state index in [4.69, 9.17) is 4.98 Å². The van der Waals surface area contributed by atoms with Crippen molar-refractivity contribution in [1.29, 1.82) is 0 Å². The molecule has 0 unspecified atom stereocenters. The van der Waals surface area contributed by atoms with Gasteiger partial charge in [0.1, 0.15) is 12.2 Å². The van der Waals surface area contributed by atoms with E-state index in [9.17, 15) is 4.79 Å². The highest BCUT2D eigenvalue weighted by molar-refractivity contribution is 6.06. The molecule has 2 aromatic carbocycles. The number of anilines is 1. The van der Waals surface area contributed by atoms with Crippen molar-refractivity contribution in [1.82, 2.24) is 34.6 Å². The van der Waals surface area contributed by atoms with Crippen LogP contribution in [0.4, 0.5) is 5.69 Å². The molecule has 2 N–H and O–H groups in total. The minimum Gasteiger partial charge on any atom is -0.341 e. The lowest BCUT2D eigenvalue weighted by atomic mass is 10.1. The molecule has 1 atom stereocenters. The molecule has 164 valence electrons. The molecule has 0 spiro atoms. The molecule has 1 aliphatic heterocycles. The fourth-order valence-electron chi connectivity index (χ4n) is 4.49. The van der Waals surface area contributed by atoms with Crippen LogP contribution in [-0.4, -0.2) is 54.1 Å². The van der Waals surface area contributed by atoms with Gasteiger partial charge in [-0.2, -0.15) is 5.10 Å². The number of carbonyl (C=O) groups excluding carboxylic acids is 1. The molecule has 9 heteroatoms. The Morgan fingerprint density at radius 1 is 1.18 bits per heavy atom. The van der Waals surface area contributed by atoms with Gasteiger partial charge in [-0.15, -0.1) is 0 Å². The molecule has 0 aliphatic carbocycles. The molecule has 0 bridgehead atoms. The Bertz CT molecular complexity index is 1470. The monoisotopic (exact) mass is 438 g/mol. The molecule has 1 amide bonds. The minimum atomic E-state index is -0.179. The van der Waals surface area contributed by atoms with Crippen LogP contribution in [0.2, 0.25) is 0 Å². The zero-order valence-corrected chi connectivity index (χ0v) is 18.1. The number of nitrogens with zero attached hydrogens (tertiary/aromatic N) is 6.